The number of hydrogen-bond donors (Lipinski definition) is 5. The quantitative estimate of drug-likeness (QED) is 0.303. The molecule has 2 aromatic carbocycles. The van der Waals surface area contributed by atoms with E-state index in [0.29, 0.717) is 23.4 Å². The molecule has 1 saturated heterocycles. The molecule has 0 unspecified atom stereocenters. The number of nitrogens with zero attached hydrogens (tertiary/aromatic N) is 1. The number of rotatable bonds is 11. The summed E-state index contributed by atoms with van der Waals surface area (Å²) < 4.78 is 11.4. The minimum Gasteiger partial charge on any atom is -0.479 e. The van der Waals surface area contributed by atoms with Gasteiger partial charge >= 0.3 is 5.97 Å². The molecule has 5 N–H and O–H groups in total. The molecule has 1 aliphatic rings. The van der Waals surface area contributed by atoms with Crippen LogP contribution >= 0.6 is 0 Å². The lowest BCUT2D eigenvalue weighted by Gasteiger charge is -2.39. The molecule has 204 valence electrons. The molecule has 9 nitrogen and oxygen atoms in total. The van der Waals surface area contributed by atoms with E-state index in [4.69, 9.17) is 9.47 Å². The first-order valence-electron chi connectivity index (χ1n) is 12.7. The van der Waals surface area contributed by atoms with E-state index in [1.54, 1.807) is 12.1 Å². The van der Waals surface area contributed by atoms with Crippen molar-refractivity contribution in [3.63, 3.8) is 0 Å². The molecular formula is C28H39NO8. The van der Waals surface area contributed by atoms with Crippen LogP contribution in [0.4, 0.5) is 0 Å². The van der Waals surface area contributed by atoms with Gasteiger partial charge in [-0.25, -0.2) is 4.79 Å². The normalized spacial score (nSPS) is 25.0. The average molecular weight is 518 g/mol. The minimum atomic E-state index is -1.81. The Balaban J connectivity index is 2.01. The molecule has 3 rings (SSSR count). The van der Waals surface area contributed by atoms with Crippen molar-refractivity contribution < 1.29 is 39.8 Å². The van der Waals surface area contributed by atoms with Crippen LogP contribution < -0.4 is 4.74 Å². The van der Waals surface area contributed by atoms with Gasteiger partial charge in [-0.15, -0.1) is 0 Å². The smallest absolute Gasteiger partial charge is 0.335 e. The number of carboxylic acids is 1. The molecule has 0 aliphatic carbocycles. The Hall–Kier alpha value is -2.53. The lowest BCUT2D eigenvalue weighted by atomic mass is 9.86. The Labute approximate surface area is 217 Å². The number of carbonyl (C=O) groups is 1. The summed E-state index contributed by atoms with van der Waals surface area (Å²) in [7, 11) is 0. The van der Waals surface area contributed by atoms with Crippen LogP contribution in [0.15, 0.2) is 48.5 Å². The van der Waals surface area contributed by atoms with Crippen LogP contribution in [0, 0.1) is 0 Å². The lowest BCUT2D eigenvalue weighted by molar-refractivity contribution is -0.271. The fraction of sp³-hybridized carbons (Fsp3) is 0.536. The Morgan fingerprint density at radius 3 is 2.19 bits per heavy atom. The van der Waals surface area contributed by atoms with Gasteiger partial charge in [-0.05, 0) is 63.9 Å². The SMILES string of the molecule is CC(C)N(CC[C@H](c1ccccc1)c1cc(CO)ccc1O[C@@H]1O[C@H](C(=O)O)[C@@H](O)[C@H](O)[C@H]1O)C(C)C. The van der Waals surface area contributed by atoms with Gasteiger partial charge in [0, 0.05) is 23.6 Å². The summed E-state index contributed by atoms with van der Waals surface area (Å²) in [5.41, 5.74) is 2.42. The highest BCUT2D eigenvalue weighted by atomic mass is 16.7. The summed E-state index contributed by atoms with van der Waals surface area (Å²) in [5, 5.41) is 50.0. The summed E-state index contributed by atoms with van der Waals surface area (Å²) >= 11 is 0. The highest BCUT2D eigenvalue weighted by Gasteiger charge is 2.48. The van der Waals surface area contributed by atoms with Gasteiger partial charge < -0.3 is 35.0 Å². The molecule has 6 atom stereocenters. The molecule has 0 aromatic heterocycles. The third kappa shape index (κ3) is 6.87. The van der Waals surface area contributed by atoms with Crippen molar-refractivity contribution >= 4 is 5.97 Å². The molecule has 0 bridgehead atoms. The predicted molar refractivity (Wildman–Crippen MR) is 137 cm³/mol. The number of aliphatic hydroxyl groups is 4. The van der Waals surface area contributed by atoms with Crippen LogP contribution in [-0.2, 0) is 16.1 Å². The Morgan fingerprint density at radius 2 is 1.62 bits per heavy atom. The summed E-state index contributed by atoms with van der Waals surface area (Å²) in [6.45, 7) is 9.20. The van der Waals surface area contributed by atoms with Crippen LogP contribution in [0.25, 0.3) is 0 Å². The van der Waals surface area contributed by atoms with E-state index in [1.165, 1.54) is 0 Å². The van der Waals surface area contributed by atoms with Crippen molar-refractivity contribution in [2.24, 2.45) is 0 Å². The third-order valence-corrected chi connectivity index (χ3v) is 6.89. The molecule has 0 spiro atoms. The maximum Gasteiger partial charge on any atom is 0.335 e. The molecule has 1 heterocycles. The van der Waals surface area contributed by atoms with Gasteiger partial charge in [-0.1, -0.05) is 36.4 Å². The molecule has 37 heavy (non-hydrogen) atoms. The van der Waals surface area contributed by atoms with Crippen molar-refractivity contribution in [1.29, 1.82) is 0 Å². The minimum absolute atomic E-state index is 0.158. The summed E-state index contributed by atoms with van der Waals surface area (Å²) in [5.74, 6) is -1.31. The molecule has 1 fully saturated rings. The van der Waals surface area contributed by atoms with Gasteiger partial charge in [0.2, 0.25) is 6.29 Å². The van der Waals surface area contributed by atoms with E-state index in [1.807, 2.05) is 36.4 Å². The van der Waals surface area contributed by atoms with Gasteiger partial charge in [0.1, 0.15) is 24.1 Å². The third-order valence-electron chi connectivity index (χ3n) is 6.89. The van der Waals surface area contributed by atoms with Crippen molar-refractivity contribution in [2.45, 2.75) is 89.4 Å². The van der Waals surface area contributed by atoms with E-state index in [0.717, 1.165) is 24.1 Å². The summed E-state index contributed by atoms with van der Waals surface area (Å²) in [4.78, 5) is 13.9. The maximum atomic E-state index is 11.6. The molecule has 0 amide bonds. The van der Waals surface area contributed by atoms with Gasteiger partial charge in [-0.2, -0.15) is 0 Å². The zero-order valence-corrected chi connectivity index (χ0v) is 21.8. The van der Waals surface area contributed by atoms with Crippen LogP contribution in [0.1, 0.15) is 56.7 Å². The van der Waals surface area contributed by atoms with Crippen molar-refractivity contribution in [3.05, 3.63) is 65.2 Å². The second-order valence-electron chi connectivity index (χ2n) is 10.1. The molecular weight excluding hydrogens is 478 g/mol. The summed E-state index contributed by atoms with van der Waals surface area (Å²) in [6.07, 6.45) is -7.83. The van der Waals surface area contributed by atoms with Crippen LogP contribution in [0.5, 0.6) is 5.75 Å². The maximum absolute atomic E-state index is 11.6. The number of carboxylic acid groups (broad SMARTS) is 1. The largest absolute Gasteiger partial charge is 0.479 e. The molecule has 2 aromatic rings. The number of hydrogen-bond acceptors (Lipinski definition) is 8. The van der Waals surface area contributed by atoms with E-state index in [9.17, 15) is 30.3 Å². The molecule has 0 saturated carbocycles. The van der Waals surface area contributed by atoms with Gasteiger partial charge in [0.05, 0.1) is 6.61 Å². The van der Waals surface area contributed by atoms with E-state index >= 15 is 0 Å². The van der Waals surface area contributed by atoms with Crippen molar-refractivity contribution in [1.82, 2.24) is 4.90 Å². The average Bonchev–Trinajstić information content (AvgIpc) is 2.87. The Kier molecular flexibility index (Phi) is 10.1. The van der Waals surface area contributed by atoms with Gasteiger partial charge in [0.15, 0.2) is 6.10 Å². The van der Waals surface area contributed by atoms with Crippen LogP contribution in [0.2, 0.25) is 0 Å². The van der Waals surface area contributed by atoms with Gasteiger partial charge in [-0.3, -0.25) is 4.90 Å². The topological polar surface area (TPSA) is 140 Å². The second kappa shape index (κ2) is 12.8. The number of aliphatic hydroxyl groups excluding tert-OH is 4. The Bertz CT molecular complexity index is 1010. The number of ether oxygens (including phenoxy) is 2. The zero-order valence-electron chi connectivity index (χ0n) is 21.8. The molecule has 9 heteroatoms. The lowest BCUT2D eigenvalue weighted by Crippen LogP contribution is -2.61. The number of benzene rings is 2. The van der Waals surface area contributed by atoms with E-state index in [2.05, 4.69) is 32.6 Å². The summed E-state index contributed by atoms with van der Waals surface area (Å²) in [6, 6.07) is 15.7. The first kappa shape index (κ1) is 29.0. The van der Waals surface area contributed by atoms with Crippen molar-refractivity contribution in [3.8, 4) is 5.75 Å². The number of aliphatic carboxylic acids is 1. The van der Waals surface area contributed by atoms with E-state index < -0.39 is 36.7 Å². The van der Waals surface area contributed by atoms with E-state index in [-0.39, 0.29) is 12.5 Å². The van der Waals surface area contributed by atoms with Gasteiger partial charge in [0.25, 0.3) is 0 Å². The predicted octanol–water partition coefficient (Wildman–Crippen LogP) is 2.09. The second-order valence-corrected chi connectivity index (χ2v) is 10.1. The van der Waals surface area contributed by atoms with Crippen LogP contribution in [-0.4, -0.2) is 85.7 Å². The van der Waals surface area contributed by atoms with Crippen LogP contribution in [0.3, 0.4) is 0 Å². The highest BCUT2D eigenvalue weighted by molar-refractivity contribution is 5.73. The zero-order chi connectivity index (χ0) is 27.3. The monoisotopic (exact) mass is 517 g/mol. The molecule has 1 aliphatic heterocycles. The fourth-order valence-electron chi connectivity index (χ4n) is 4.93. The molecule has 0 radical (unpaired) electrons. The fourth-order valence-corrected chi connectivity index (χ4v) is 4.93. The first-order valence-corrected chi connectivity index (χ1v) is 12.7. The van der Waals surface area contributed by atoms with Crippen molar-refractivity contribution in [2.75, 3.05) is 6.54 Å². The first-order chi connectivity index (χ1) is 17.5. The highest BCUT2D eigenvalue weighted by Crippen LogP contribution is 2.37. The standard InChI is InChI=1S/C28H39NO8/c1-16(2)29(17(3)4)13-12-20(19-8-6-5-7-9-19)21-14-18(15-30)10-11-22(21)36-28-25(33)23(31)24(32)26(37-28)27(34)35/h5-11,14,16-17,20,23-26,28,30-33H,12-13,15H2,1-4H3,(H,34,35)/t20-,23+,24+,25-,26+,28-/m1/s1. The Morgan fingerprint density at radius 1 is 0.973 bits per heavy atom.